The van der Waals surface area contributed by atoms with Crippen molar-refractivity contribution >= 4 is 6.47 Å². The summed E-state index contributed by atoms with van der Waals surface area (Å²) in [6.45, 7) is 12.6. The highest BCUT2D eigenvalue weighted by atomic mass is 16.5. The molecule has 2 nitrogen and oxygen atoms in total. The van der Waals surface area contributed by atoms with Crippen LogP contribution in [0.4, 0.5) is 0 Å². The number of rotatable bonds is 4. The fourth-order valence-electron chi connectivity index (χ4n) is 2.45. The van der Waals surface area contributed by atoms with Crippen LogP contribution in [0.1, 0.15) is 46.6 Å². The van der Waals surface area contributed by atoms with Gasteiger partial charge in [-0.25, -0.2) is 4.79 Å². The minimum Gasteiger partial charge on any atom is -0.418 e. The largest absolute Gasteiger partial charge is 0.423 e. The second kappa shape index (κ2) is 4.91. The Balaban J connectivity index is 2.87. The van der Waals surface area contributed by atoms with E-state index in [2.05, 4.69) is 39.4 Å². The first-order chi connectivity index (χ1) is 7.74. The highest BCUT2D eigenvalue weighted by Gasteiger charge is 2.27. The fourth-order valence-corrected chi connectivity index (χ4v) is 2.45. The van der Waals surface area contributed by atoms with Crippen LogP contribution in [0.25, 0.3) is 0 Å². The Kier molecular flexibility index (Phi) is 3.97. The third-order valence-corrected chi connectivity index (χ3v) is 2.77. The van der Waals surface area contributed by atoms with E-state index in [1.54, 1.807) is 0 Å². The van der Waals surface area contributed by atoms with E-state index in [4.69, 9.17) is 0 Å². The normalized spacial score (nSPS) is 12.3. The number of benzene rings is 1. The molecule has 2 heteroatoms. The van der Waals surface area contributed by atoms with E-state index in [1.807, 2.05) is 24.3 Å². The molecule has 0 N–H and O–H groups in total. The predicted molar refractivity (Wildman–Crippen MR) is 69.9 cm³/mol. The molecule has 0 saturated carbocycles. The van der Waals surface area contributed by atoms with Crippen molar-refractivity contribution in [3.8, 4) is 5.75 Å². The van der Waals surface area contributed by atoms with E-state index in [9.17, 15) is 4.79 Å². The Morgan fingerprint density at radius 3 is 2.00 bits per heavy atom. The van der Waals surface area contributed by atoms with Crippen molar-refractivity contribution in [1.82, 2.24) is 0 Å². The van der Waals surface area contributed by atoms with Gasteiger partial charge in [-0.3, -0.25) is 0 Å². The second-order valence-corrected chi connectivity index (χ2v) is 6.33. The van der Waals surface area contributed by atoms with Gasteiger partial charge >= 0.3 is 6.47 Å². The third-order valence-electron chi connectivity index (χ3n) is 2.77. The SMILES string of the molecule is CC(C)(C)CC(C)(C)c1ccc(O[C]=O)cc1. The molecule has 0 unspecified atom stereocenters. The highest BCUT2D eigenvalue weighted by molar-refractivity contribution is 5.46. The zero-order valence-electron chi connectivity index (χ0n) is 11.3. The number of hydrogen-bond acceptors (Lipinski definition) is 2. The lowest BCUT2D eigenvalue weighted by Crippen LogP contribution is -2.24. The minimum absolute atomic E-state index is 0.113. The van der Waals surface area contributed by atoms with Crippen LogP contribution in [0.3, 0.4) is 0 Å². The maximum Gasteiger partial charge on any atom is 0.423 e. The Morgan fingerprint density at radius 1 is 1.06 bits per heavy atom. The molecule has 1 aromatic rings. The molecular formula is C15H21O2. The van der Waals surface area contributed by atoms with Crippen LogP contribution in [0.5, 0.6) is 5.75 Å². The summed E-state index contributed by atoms with van der Waals surface area (Å²) in [6, 6.07) is 7.64. The first-order valence-electron chi connectivity index (χ1n) is 5.89. The monoisotopic (exact) mass is 233 g/mol. The standard InChI is InChI=1S/C15H21O2/c1-14(2,3)10-15(4,5)12-6-8-13(9-7-12)17-11-16/h6-9H,10H2,1-5H3. The first-order valence-corrected chi connectivity index (χ1v) is 5.89. The minimum atomic E-state index is 0.113. The summed E-state index contributed by atoms with van der Waals surface area (Å²) in [7, 11) is 0. The van der Waals surface area contributed by atoms with Gasteiger partial charge in [0.05, 0.1) is 0 Å². The van der Waals surface area contributed by atoms with E-state index in [-0.39, 0.29) is 10.8 Å². The molecule has 0 atom stereocenters. The number of ether oxygens (including phenoxy) is 1. The van der Waals surface area contributed by atoms with Crippen molar-refractivity contribution in [3.63, 3.8) is 0 Å². The topological polar surface area (TPSA) is 26.3 Å². The first kappa shape index (κ1) is 13.8. The quantitative estimate of drug-likeness (QED) is 0.789. The average molecular weight is 233 g/mol. The summed E-state index contributed by atoms with van der Waals surface area (Å²) in [6.07, 6.45) is 1.10. The average Bonchev–Trinajstić information content (AvgIpc) is 2.15. The van der Waals surface area contributed by atoms with Crippen LogP contribution in [0.15, 0.2) is 24.3 Å². The summed E-state index contributed by atoms with van der Waals surface area (Å²) >= 11 is 0. The lowest BCUT2D eigenvalue weighted by molar-refractivity contribution is 0.284. The smallest absolute Gasteiger partial charge is 0.418 e. The van der Waals surface area contributed by atoms with E-state index in [0.717, 1.165) is 6.42 Å². The van der Waals surface area contributed by atoms with E-state index >= 15 is 0 Å². The Morgan fingerprint density at radius 2 is 1.59 bits per heavy atom. The third kappa shape index (κ3) is 4.22. The molecule has 0 aromatic heterocycles. The van der Waals surface area contributed by atoms with Gasteiger partial charge in [-0.15, -0.1) is 0 Å². The van der Waals surface area contributed by atoms with Crippen molar-refractivity contribution in [2.75, 3.05) is 0 Å². The van der Waals surface area contributed by atoms with Crippen molar-refractivity contribution in [3.05, 3.63) is 29.8 Å². The number of hydrogen-bond donors (Lipinski definition) is 0. The van der Waals surface area contributed by atoms with Crippen LogP contribution in [-0.4, -0.2) is 6.47 Å². The lowest BCUT2D eigenvalue weighted by atomic mass is 9.72. The second-order valence-electron chi connectivity index (χ2n) is 6.33. The van der Waals surface area contributed by atoms with Gasteiger partial charge in [0.25, 0.3) is 0 Å². The van der Waals surface area contributed by atoms with Gasteiger partial charge < -0.3 is 4.74 Å². The molecule has 0 bridgehead atoms. The molecule has 1 rings (SSSR count). The molecule has 17 heavy (non-hydrogen) atoms. The number of carbonyl (C=O) groups excluding carboxylic acids is 1. The van der Waals surface area contributed by atoms with Crippen molar-refractivity contribution < 1.29 is 9.53 Å². The van der Waals surface area contributed by atoms with Crippen molar-refractivity contribution in [2.45, 2.75) is 46.5 Å². The fraction of sp³-hybridized carbons (Fsp3) is 0.533. The van der Waals surface area contributed by atoms with Crippen molar-refractivity contribution in [1.29, 1.82) is 0 Å². The molecule has 93 valence electrons. The van der Waals surface area contributed by atoms with Crippen LogP contribution in [-0.2, 0) is 10.2 Å². The molecule has 0 aliphatic heterocycles. The lowest BCUT2D eigenvalue weighted by Gasteiger charge is -2.33. The predicted octanol–water partition coefficient (Wildman–Crippen LogP) is 3.85. The maximum absolute atomic E-state index is 10.1. The van der Waals surface area contributed by atoms with Gasteiger partial charge in [0.1, 0.15) is 5.75 Å². The Bertz CT molecular complexity index is 369. The Labute approximate surface area is 104 Å². The molecule has 0 amide bonds. The summed E-state index contributed by atoms with van der Waals surface area (Å²) in [5.41, 5.74) is 1.65. The van der Waals surface area contributed by atoms with Gasteiger partial charge in [-0.05, 0) is 34.9 Å². The molecule has 0 heterocycles. The van der Waals surface area contributed by atoms with Crippen LogP contribution in [0.2, 0.25) is 0 Å². The maximum atomic E-state index is 10.1. The molecular weight excluding hydrogens is 212 g/mol. The molecule has 0 aliphatic rings. The summed E-state index contributed by atoms with van der Waals surface area (Å²) in [4.78, 5) is 10.1. The molecule has 0 saturated heterocycles. The molecule has 0 fully saturated rings. The molecule has 0 aliphatic carbocycles. The zero-order valence-corrected chi connectivity index (χ0v) is 11.3. The van der Waals surface area contributed by atoms with E-state index in [1.165, 1.54) is 12.0 Å². The van der Waals surface area contributed by atoms with E-state index in [0.29, 0.717) is 5.75 Å². The van der Waals surface area contributed by atoms with Crippen LogP contribution in [0, 0.1) is 5.41 Å². The van der Waals surface area contributed by atoms with E-state index < -0.39 is 0 Å². The summed E-state index contributed by atoms with van der Waals surface area (Å²) < 4.78 is 4.67. The zero-order chi connectivity index (χ0) is 13.1. The highest BCUT2D eigenvalue weighted by Crippen LogP contribution is 2.36. The van der Waals surface area contributed by atoms with Crippen molar-refractivity contribution in [2.24, 2.45) is 5.41 Å². The van der Waals surface area contributed by atoms with Gasteiger partial charge in [-0.1, -0.05) is 46.8 Å². The molecule has 1 aromatic carbocycles. The van der Waals surface area contributed by atoms with Gasteiger partial charge in [-0.2, -0.15) is 0 Å². The Hall–Kier alpha value is -1.31. The van der Waals surface area contributed by atoms with Crippen LogP contribution < -0.4 is 4.74 Å². The van der Waals surface area contributed by atoms with Gasteiger partial charge in [0.15, 0.2) is 0 Å². The van der Waals surface area contributed by atoms with Gasteiger partial charge in [0.2, 0.25) is 0 Å². The van der Waals surface area contributed by atoms with Crippen LogP contribution >= 0.6 is 0 Å². The summed E-state index contributed by atoms with van der Waals surface area (Å²) in [5, 5.41) is 0. The molecule has 1 radical (unpaired) electrons. The van der Waals surface area contributed by atoms with Gasteiger partial charge in [0, 0.05) is 0 Å². The summed E-state index contributed by atoms with van der Waals surface area (Å²) in [5.74, 6) is 0.537. The molecule has 0 spiro atoms.